The molecule has 0 unspecified atom stereocenters. The van der Waals surface area contributed by atoms with Crippen LogP contribution in [0, 0.1) is 5.92 Å². The smallest absolute Gasteiger partial charge is 0.244 e. The molecule has 7 atom stereocenters. The van der Waals surface area contributed by atoms with E-state index in [2.05, 4.69) is 72.8 Å². The Hall–Kier alpha value is -6.58. The van der Waals surface area contributed by atoms with Gasteiger partial charge in [0.25, 0.3) is 0 Å². The number of amides is 8. The molecule has 0 saturated carbocycles. The highest BCUT2D eigenvalue weighted by Gasteiger charge is 2.35. The molecule has 21 heteroatoms. The Kier molecular flexibility index (Phi) is 20.3. The second kappa shape index (κ2) is 26.3. The first kappa shape index (κ1) is 53.4. The number of hydrogen-bond acceptors (Lipinski definition) is 12. The van der Waals surface area contributed by atoms with Crippen LogP contribution in [0.3, 0.4) is 0 Å². The van der Waals surface area contributed by atoms with E-state index in [1.54, 1.807) is 62.5 Å². The lowest BCUT2D eigenvalue weighted by Crippen LogP contribution is -2.61. The van der Waals surface area contributed by atoms with Crippen LogP contribution in [-0.2, 0) is 57.6 Å². The van der Waals surface area contributed by atoms with Crippen LogP contribution in [0.5, 0.6) is 5.75 Å². The zero-order valence-corrected chi connectivity index (χ0v) is 40.2. The second-order valence-corrected chi connectivity index (χ2v) is 17.9. The van der Waals surface area contributed by atoms with E-state index in [9.17, 15) is 43.5 Å². The van der Waals surface area contributed by atoms with E-state index >= 15 is 0 Å². The third kappa shape index (κ3) is 15.7. The van der Waals surface area contributed by atoms with Gasteiger partial charge in [0, 0.05) is 47.9 Å². The van der Waals surface area contributed by atoms with Gasteiger partial charge in [-0.25, -0.2) is 0 Å². The third-order valence-electron chi connectivity index (χ3n) is 11.6. The van der Waals surface area contributed by atoms with Gasteiger partial charge in [-0.1, -0.05) is 74.5 Å². The van der Waals surface area contributed by atoms with Gasteiger partial charge in [0.15, 0.2) is 0 Å². The number of phenols is 1. The fraction of sp³-hybridized carbons (Fsp3) is 0.417. The molecule has 3 aromatic carbocycles. The number of carbonyl (C=O) groups excluding carboxylic acids is 8. The maximum atomic E-state index is 14.7. The first-order chi connectivity index (χ1) is 33.1. The van der Waals surface area contributed by atoms with Gasteiger partial charge in [-0.3, -0.25) is 38.4 Å². The number of benzene rings is 3. The Morgan fingerprint density at radius 2 is 1.06 bits per heavy atom. The van der Waals surface area contributed by atoms with E-state index in [4.69, 9.17) is 5.73 Å². The number of rotatable bonds is 13. The molecule has 19 nitrogen and oxygen atoms in total. The van der Waals surface area contributed by atoms with Crippen LogP contribution in [0.2, 0.25) is 0 Å². The van der Waals surface area contributed by atoms with Crippen molar-refractivity contribution in [3.8, 4) is 5.75 Å². The number of nitrogens with one attached hydrogen (secondary N) is 9. The van der Waals surface area contributed by atoms with Crippen LogP contribution in [0.1, 0.15) is 49.8 Å². The van der Waals surface area contributed by atoms with E-state index in [-0.39, 0.29) is 49.5 Å². The monoisotopic (exact) mass is 986 g/mol. The van der Waals surface area contributed by atoms with E-state index in [1.165, 1.54) is 12.1 Å². The summed E-state index contributed by atoms with van der Waals surface area (Å²) in [5, 5.41) is 32.1. The minimum Gasteiger partial charge on any atom is -0.508 e. The summed E-state index contributed by atoms with van der Waals surface area (Å²) >= 11 is 8.59. The molecule has 2 heterocycles. The number of unbranched alkanes of at least 4 members (excludes halogenated alkanes) is 1. The lowest BCUT2D eigenvalue weighted by molar-refractivity contribution is -0.136. The van der Waals surface area contributed by atoms with E-state index < -0.39 is 102 Å². The van der Waals surface area contributed by atoms with Crippen molar-refractivity contribution < 1.29 is 43.5 Å². The summed E-state index contributed by atoms with van der Waals surface area (Å²) in [5.41, 5.74) is 8.44. The molecular weight excluding hydrogens is 925 g/mol. The Bertz CT molecular complexity index is 2420. The number of nitrogens with two attached hydrogens (primary N) is 1. The SMILES string of the molecule is CC(C)[C@@H]1NC(=O)[C@H](CS)NC(=O)[C@H](Cc2ccc(O)cc2)NC(=O)[C@H](CCCCN)NC(=O)[C@H](Cc2c[nH]c3ccccc23)NC(=O)[C@H](Cc2ccccc2)NC(=O)[C@H](CS)NC(=O)CNC1=O. The molecular formula is C48H62N10O9S2. The van der Waals surface area contributed by atoms with Crippen LogP contribution in [0.15, 0.2) is 85.1 Å². The van der Waals surface area contributed by atoms with Gasteiger partial charge in [0.2, 0.25) is 47.3 Å². The maximum absolute atomic E-state index is 14.7. The number of aromatic amines is 1. The number of carbonyl (C=O) groups is 8. The zero-order chi connectivity index (χ0) is 50.0. The Labute approximate surface area is 411 Å². The lowest BCUT2D eigenvalue weighted by atomic mass is 10.0. The summed E-state index contributed by atoms with van der Waals surface area (Å²) in [6.45, 7) is 3.00. The predicted molar refractivity (Wildman–Crippen MR) is 266 cm³/mol. The van der Waals surface area contributed by atoms with E-state index in [0.29, 0.717) is 29.5 Å². The predicted octanol–water partition coefficient (Wildman–Crippen LogP) is 0.0694. The normalized spacial score (nSPS) is 23.1. The molecule has 12 N–H and O–H groups in total. The van der Waals surface area contributed by atoms with Crippen molar-refractivity contribution in [2.75, 3.05) is 24.6 Å². The summed E-state index contributed by atoms with van der Waals surface area (Å²) in [7, 11) is 0. The second-order valence-electron chi connectivity index (χ2n) is 17.1. The summed E-state index contributed by atoms with van der Waals surface area (Å²) in [6.07, 6.45) is 2.42. The molecule has 0 radical (unpaired) electrons. The van der Waals surface area contributed by atoms with Gasteiger partial charge in [0.05, 0.1) is 6.54 Å². The number of para-hydroxylation sites is 1. The molecule has 0 aliphatic carbocycles. The molecule has 5 rings (SSSR count). The van der Waals surface area contributed by atoms with Gasteiger partial charge >= 0.3 is 0 Å². The quantitative estimate of drug-likeness (QED) is 0.0632. The first-order valence-electron chi connectivity index (χ1n) is 22.8. The summed E-state index contributed by atoms with van der Waals surface area (Å²) < 4.78 is 0. The van der Waals surface area contributed by atoms with Crippen LogP contribution < -0.4 is 48.3 Å². The number of fused-ring (bicyclic) bond motifs is 1. The molecule has 69 heavy (non-hydrogen) atoms. The number of aromatic nitrogens is 1. The van der Waals surface area contributed by atoms with Crippen LogP contribution in [0.25, 0.3) is 10.9 Å². The fourth-order valence-corrected chi connectivity index (χ4v) is 8.20. The largest absolute Gasteiger partial charge is 0.508 e. The number of phenolic OH excluding ortho intramolecular Hbond substituents is 1. The number of hydrogen-bond donors (Lipinski definition) is 13. The zero-order valence-electron chi connectivity index (χ0n) is 38.5. The maximum Gasteiger partial charge on any atom is 0.244 e. The number of H-pyrrole nitrogens is 1. The minimum absolute atomic E-state index is 0.0336. The average molecular weight is 987 g/mol. The molecule has 1 aliphatic heterocycles. The first-order valence-corrected chi connectivity index (χ1v) is 24.0. The minimum atomic E-state index is -1.36. The van der Waals surface area contributed by atoms with Gasteiger partial charge in [-0.05, 0) is 66.6 Å². The summed E-state index contributed by atoms with van der Waals surface area (Å²) in [4.78, 5) is 115. The summed E-state index contributed by atoms with van der Waals surface area (Å²) in [5.74, 6) is -7.13. The number of thiol groups is 2. The van der Waals surface area contributed by atoms with Crippen molar-refractivity contribution in [1.82, 2.24) is 47.5 Å². The van der Waals surface area contributed by atoms with E-state index in [1.807, 2.05) is 24.3 Å². The lowest BCUT2D eigenvalue weighted by Gasteiger charge is -2.28. The van der Waals surface area contributed by atoms with Crippen molar-refractivity contribution in [3.05, 3.63) is 102 Å². The highest BCUT2D eigenvalue weighted by Crippen LogP contribution is 2.20. The Morgan fingerprint density at radius 1 is 0.565 bits per heavy atom. The average Bonchev–Trinajstić information content (AvgIpc) is 3.75. The molecule has 1 saturated heterocycles. The summed E-state index contributed by atoms with van der Waals surface area (Å²) in [6, 6.07) is 13.0. The van der Waals surface area contributed by atoms with Gasteiger partial charge in [-0.15, -0.1) is 0 Å². The third-order valence-corrected chi connectivity index (χ3v) is 12.3. The Balaban J connectivity index is 1.57. The van der Waals surface area contributed by atoms with Crippen molar-refractivity contribution >= 4 is 83.4 Å². The van der Waals surface area contributed by atoms with Crippen LogP contribution >= 0.6 is 25.3 Å². The molecule has 1 aromatic heterocycles. The van der Waals surface area contributed by atoms with Crippen molar-refractivity contribution in [3.63, 3.8) is 0 Å². The van der Waals surface area contributed by atoms with E-state index in [0.717, 1.165) is 10.9 Å². The van der Waals surface area contributed by atoms with Crippen molar-refractivity contribution in [2.24, 2.45) is 11.7 Å². The standard InChI is InChI=1S/C48H62N10O9S2/c1-27(2)41-48(67)51-24-40(60)52-38(25-68)46(65)55-35(20-28-10-4-3-5-11-28)43(62)56-37(22-30-23-50-33-13-7-6-12-32(30)33)45(64)53-34(14-8-9-19-49)42(61)54-36(21-29-15-17-31(59)18-16-29)44(63)57-39(26-69)47(66)58-41/h3-7,10-13,15-18,23,27,34-39,41,50,59,68-69H,8-9,14,19-22,24-26,49H2,1-2H3,(H,51,67)(H,52,60)(H,53,64)(H,54,61)(H,55,65)(H,56,62)(H,57,63)(H,58,66)/t34-,35-,36-,37-,38-,39-,41-/m0/s1. The highest BCUT2D eigenvalue weighted by atomic mass is 32.1. The van der Waals surface area contributed by atoms with Crippen molar-refractivity contribution in [1.29, 1.82) is 0 Å². The molecule has 0 bridgehead atoms. The molecule has 1 aliphatic rings. The molecule has 1 fully saturated rings. The molecule has 370 valence electrons. The highest BCUT2D eigenvalue weighted by molar-refractivity contribution is 7.80. The topological polar surface area (TPSA) is 295 Å². The number of aromatic hydroxyl groups is 1. The van der Waals surface area contributed by atoms with Gasteiger partial charge in [0.1, 0.15) is 48.0 Å². The molecule has 4 aromatic rings. The van der Waals surface area contributed by atoms with Crippen LogP contribution in [0.4, 0.5) is 0 Å². The Morgan fingerprint density at radius 3 is 1.65 bits per heavy atom. The van der Waals surface area contributed by atoms with Gasteiger partial charge < -0.3 is 58.4 Å². The fourth-order valence-electron chi connectivity index (χ4n) is 7.69. The van der Waals surface area contributed by atoms with Crippen LogP contribution in [-0.4, -0.2) is 124 Å². The van der Waals surface area contributed by atoms with Crippen molar-refractivity contribution in [2.45, 2.75) is 94.7 Å². The molecule has 0 spiro atoms. The van der Waals surface area contributed by atoms with Gasteiger partial charge in [-0.2, -0.15) is 25.3 Å². The molecule has 8 amide bonds.